The standard InChI is InChI=1S/C16H17FN6O2/c17-13-3-1-2-12(10-13)15-18-16(25-20-15)14-11-23(21-19-14)5-4-22-6-8-24-9-7-22/h1-3,10-11H,4-9H2. The van der Waals surface area contributed by atoms with Gasteiger partial charge < -0.3 is 9.26 Å². The zero-order valence-corrected chi connectivity index (χ0v) is 13.5. The fourth-order valence-corrected chi connectivity index (χ4v) is 2.65. The lowest BCUT2D eigenvalue weighted by Crippen LogP contribution is -2.38. The van der Waals surface area contributed by atoms with E-state index in [1.807, 2.05) is 0 Å². The average molecular weight is 344 g/mol. The molecule has 0 aliphatic carbocycles. The van der Waals surface area contributed by atoms with Crippen LogP contribution in [0, 0.1) is 5.82 Å². The average Bonchev–Trinajstić information content (AvgIpc) is 3.30. The first-order valence-corrected chi connectivity index (χ1v) is 8.08. The maximum Gasteiger partial charge on any atom is 0.280 e. The molecule has 2 aromatic heterocycles. The van der Waals surface area contributed by atoms with Crippen LogP contribution in [0.15, 0.2) is 35.0 Å². The largest absolute Gasteiger partial charge is 0.379 e. The molecule has 1 aromatic carbocycles. The lowest BCUT2D eigenvalue weighted by atomic mass is 10.2. The van der Waals surface area contributed by atoms with Crippen LogP contribution in [0.2, 0.25) is 0 Å². The van der Waals surface area contributed by atoms with Crippen LogP contribution in [0.1, 0.15) is 0 Å². The number of rotatable bonds is 5. The molecule has 4 rings (SSSR count). The highest BCUT2D eigenvalue weighted by molar-refractivity contribution is 5.57. The first-order valence-electron chi connectivity index (χ1n) is 8.08. The molecule has 1 aliphatic rings. The van der Waals surface area contributed by atoms with Gasteiger partial charge in [-0.3, -0.25) is 9.58 Å². The van der Waals surface area contributed by atoms with Crippen LogP contribution in [0.25, 0.3) is 23.0 Å². The smallest absolute Gasteiger partial charge is 0.280 e. The van der Waals surface area contributed by atoms with Crippen molar-refractivity contribution in [3.05, 3.63) is 36.3 Å². The van der Waals surface area contributed by atoms with E-state index in [0.717, 1.165) is 39.4 Å². The normalized spacial score (nSPS) is 15.6. The number of hydrogen-bond donors (Lipinski definition) is 0. The van der Waals surface area contributed by atoms with Crippen molar-refractivity contribution in [3.8, 4) is 23.0 Å². The summed E-state index contributed by atoms with van der Waals surface area (Å²) in [5, 5.41) is 12.0. The second kappa shape index (κ2) is 7.08. The molecule has 9 heteroatoms. The SMILES string of the molecule is Fc1cccc(-c2noc(-c3cn(CCN4CCOCC4)nn3)n2)c1. The number of aromatic nitrogens is 5. The minimum absolute atomic E-state index is 0.261. The van der Waals surface area contributed by atoms with Crippen molar-refractivity contribution in [1.82, 2.24) is 30.0 Å². The molecule has 1 saturated heterocycles. The van der Waals surface area contributed by atoms with E-state index in [1.54, 1.807) is 23.0 Å². The van der Waals surface area contributed by atoms with Crippen molar-refractivity contribution in [1.29, 1.82) is 0 Å². The predicted octanol–water partition coefficient (Wildman–Crippen LogP) is 1.47. The Balaban J connectivity index is 1.43. The molecule has 3 heterocycles. The third kappa shape index (κ3) is 3.72. The monoisotopic (exact) mass is 344 g/mol. The van der Waals surface area contributed by atoms with Crippen LogP contribution in [0.5, 0.6) is 0 Å². The van der Waals surface area contributed by atoms with Crippen LogP contribution in [-0.4, -0.2) is 62.9 Å². The molecular formula is C16H17FN6O2. The van der Waals surface area contributed by atoms with Crippen LogP contribution in [0.4, 0.5) is 4.39 Å². The summed E-state index contributed by atoms with van der Waals surface area (Å²) in [6.45, 7) is 5.01. The van der Waals surface area contributed by atoms with E-state index >= 15 is 0 Å². The Hall–Kier alpha value is -2.65. The number of halogens is 1. The molecule has 0 saturated carbocycles. The van der Waals surface area contributed by atoms with E-state index in [1.165, 1.54) is 12.1 Å². The van der Waals surface area contributed by atoms with Gasteiger partial charge in [0.25, 0.3) is 5.89 Å². The van der Waals surface area contributed by atoms with Crippen molar-refractivity contribution < 1.29 is 13.7 Å². The van der Waals surface area contributed by atoms with Crippen LogP contribution in [-0.2, 0) is 11.3 Å². The molecule has 0 radical (unpaired) electrons. The number of nitrogens with zero attached hydrogens (tertiary/aromatic N) is 6. The highest BCUT2D eigenvalue weighted by Gasteiger charge is 2.15. The van der Waals surface area contributed by atoms with E-state index in [9.17, 15) is 4.39 Å². The van der Waals surface area contributed by atoms with Gasteiger partial charge in [0.2, 0.25) is 5.82 Å². The minimum Gasteiger partial charge on any atom is -0.379 e. The lowest BCUT2D eigenvalue weighted by Gasteiger charge is -2.26. The molecule has 130 valence electrons. The summed E-state index contributed by atoms with van der Waals surface area (Å²) in [6, 6.07) is 6.04. The van der Waals surface area contributed by atoms with E-state index in [-0.39, 0.29) is 11.7 Å². The van der Waals surface area contributed by atoms with Gasteiger partial charge in [-0.1, -0.05) is 22.5 Å². The molecule has 0 amide bonds. The maximum absolute atomic E-state index is 13.3. The summed E-state index contributed by atoms with van der Waals surface area (Å²) < 4.78 is 25.6. The van der Waals surface area contributed by atoms with E-state index in [2.05, 4.69) is 25.4 Å². The Labute approximate surface area is 143 Å². The molecule has 0 atom stereocenters. The summed E-state index contributed by atoms with van der Waals surface area (Å²) in [6.07, 6.45) is 1.77. The van der Waals surface area contributed by atoms with Gasteiger partial charge in [0, 0.05) is 25.2 Å². The lowest BCUT2D eigenvalue weighted by molar-refractivity contribution is 0.0359. The summed E-state index contributed by atoms with van der Waals surface area (Å²) in [5.74, 6) is 0.229. The first-order chi connectivity index (χ1) is 12.3. The van der Waals surface area contributed by atoms with Crippen LogP contribution in [0.3, 0.4) is 0 Å². The Bertz CT molecular complexity index is 843. The summed E-state index contributed by atoms with van der Waals surface area (Å²) in [4.78, 5) is 6.59. The Morgan fingerprint density at radius 2 is 2.04 bits per heavy atom. The molecule has 3 aromatic rings. The zero-order valence-electron chi connectivity index (χ0n) is 13.5. The molecule has 0 bridgehead atoms. The number of ether oxygens (including phenoxy) is 1. The van der Waals surface area contributed by atoms with E-state index in [0.29, 0.717) is 17.1 Å². The Kier molecular flexibility index (Phi) is 4.49. The molecule has 1 fully saturated rings. The molecule has 8 nitrogen and oxygen atoms in total. The van der Waals surface area contributed by atoms with Gasteiger partial charge in [0.15, 0.2) is 5.69 Å². The molecule has 0 unspecified atom stereocenters. The number of morpholine rings is 1. The second-order valence-corrected chi connectivity index (χ2v) is 5.75. The van der Waals surface area contributed by atoms with Crippen molar-refractivity contribution in [2.75, 3.05) is 32.8 Å². The van der Waals surface area contributed by atoms with Crippen molar-refractivity contribution in [3.63, 3.8) is 0 Å². The van der Waals surface area contributed by atoms with Crippen molar-refractivity contribution in [2.24, 2.45) is 0 Å². The van der Waals surface area contributed by atoms with Crippen LogP contribution >= 0.6 is 0 Å². The third-order valence-electron chi connectivity index (χ3n) is 4.02. The van der Waals surface area contributed by atoms with Crippen LogP contribution < -0.4 is 0 Å². The summed E-state index contributed by atoms with van der Waals surface area (Å²) >= 11 is 0. The summed E-state index contributed by atoms with van der Waals surface area (Å²) in [5.41, 5.74) is 1.05. The zero-order chi connectivity index (χ0) is 17.1. The maximum atomic E-state index is 13.3. The van der Waals surface area contributed by atoms with Gasteiger partial charge in [-0.15, -0.1) is 5.10 Å². The fraction of sp³-hybridized carbons (Fsp3) is 0.375. The van der Waals surface area contributed by atoms with Crippen molar-refractivity contribution >= 4 is 0 Å². The molecule has 25 heavy (non-hydrogen) atoms. The summed E-state index contributed by atoms with van der Waals surface area (Å²) in [7, 11) is 0. The van der Waals surface area contributed by atoms with Gasteiger partial charge in [0.05, 0.1) is 26.0 Å². The number of benzene rings is 1. The van der Waals surface area contributed by atoms with E-state index < -0.39 is 0 Å². The Morgan fingerprint density at radius 3 is 2.88 bits per heavy atom. The number of hydrogen-bond acceptors (Lipinski definition) is 7. The van der Waals surface area contributed by atoms with Crippen molar-refractivity contribution in [2.45, 2.75) is 6.54 Å². The quantitative estimate of drug-likeness (QED) is 0.693. The first kappa shape index (κ1) is 15.9. The topological polar surface area (TPSA) is 82.1 Å². The molecule has 1 aliphatic heterocycles. The molecular weight excluding hydrogens is 327 g/mol. The molecule has 0 N–H and O–H groups in total. The van der Waals surface area contributed by atoms with Gasteiger partial charge >= 0.3 is 0 Å². The third-order valence-corrected chi connectivity index (χ3v) is 4.02. The molecule has 0 spiro atoms. The van der Waals surface area contributed by atoms with Gasteiger partial charge in [0.1, 0.15) is 5.82 Å². The minimum atomic E-state index is -0.349. The fourth-order valence-electron chi connectivity index (χ4n) is 2.65. The van der Waals surface area contributed by atoms with Gasteiger partial charge in [-0.25, -0.2) is 4.39 Å². The highest BCUT2D eigenvalue weighted by atomic mass is 19.1. The second-order valence-electron chi connectivity index (χ2n) is 5.75. The predicted molar refractivity (Wildman–Crippen MR) is 86.0 cm³/mol. The van der Waals surface area contributed by atoms with Gasteiger partial charge in [-0.2, -0.15) is 4.98 Å². The highest BCUT2D eigenvalue weighted by Crippen LogP contribution is 2.21. The Morgan fingerprint density at radius 1 is 1.16 bits per heavy atom. The van der Waals surface area contributed by atoms with Gasteiger partial charge in [-0.05, 0) is 12.1 Å². The van der Waals surface area contributed by atoms with E-state index in [4.69, 9.17) is 9.26 Å².